The summed E-state index contributed by atoms with van der Waals surface area (Å²) in [7, 11) is 0. The van der Waals surface area contributed by atoms with Crippen molar-refractivity contribution in [1.82, 2.24) is 15.1 Å². The number of likely N-dealkylation sites (tertiary alicyclic amines) is 2. The molecule has 1 N–H and O–H groups in total. The molecule has 4 nitrogen and oxygen atoms in total. The van der Waals surface area contributed by atoms with Gasteiger partial charge in [0.05, 0.1) is 0 Å². The van der Waals surface area contributed by atoms with Crippen LogP contribution in [0.3, 0.4) is 0 Å². The zero-order valence-electron chi connectivity index (χ0n) is 15.6. The summed E-state index contributed by atoms with van der Waals surface area (Å²) in [4.78, 5) is 9.99. The van der Waals surface area contributed by atoms with Crippen LogP contribution < -0.4 is 5.32 Å². The Balaban J connectivity index is 0.00000264. The molecule has 0 aromatic carbocycles. The monoisotopic (exact) mass is 436 g/mol. The summed E-state index contributed by atoms with van der Waals surface area (Å²) in [6.45, 7) is 17.1. The van der Waals surface area contributed by atoms with E-state index in [1.807, 2.05) is 0 Å². The highest BCUT2D eigenvalue weighted by atomic mass is 127. The summed E-state index contributed by atoms with van der Waals surface area (Å²) in [5, 5.41) is 3.48. The van der Waals surface area contributed by atoms with Crippen LogP contribution in [0.4, 0.5) is 0 Å². The Morgan fingerprint density at radius 1 is 1.17 bits per heavy atom. The molecule has 0 radical (unpaired) electrons. The van der Waals surface area contributed by atoms with E-state index in [2.05, 4.69) is 42.8 Å². The van der Waals surface area contributed by atoms with Gasteiger partial charge in [0.15, 0.2) is 5.96 Å². The molecule has 5 heteroatoms. The van der Waals surface area contributed by atoms with E-state index in [1.165, 1.54) is 45.3 Å². The predicted molar refractivity (Wildman–Crippen MR) is 111 cm³/mol. The van der Waals surface area contributed by atoms with Crippen LogP contribution in [-0.2, 0) is 0 Å². The molecule has 0 aromatic heterocycles. The lowest BCUT2D eigenvalue weighted by Crippen LogP contribution is -2.41. The van der Waals surface area contributed by atoms with Gasteiger partial charge in [-0.3, -0.25) is 4.99 Å². The fraction of sp³-hybridized carbons (Fsp3) is 0.944. The maximum Gasteiger partial charge on any atom is 0.193 e. The Morgan fingerprint density at radius 2 is 1.87 bits per heavy atom. The summed E-state index contributed by atoms with van der Waals surface area (Å²) in [6.07, 6.45) is 5.43. The van der Waals surface area contributed by atoms with E-state index in [0.717, 1.165) is 32.1 Å². The Hall–Kier alpha value is -0.0400. The average Bonchev–Trinajstić information content (AvgIpc) is 2.84. The van der Waals surface area contributed by atoms with Crippen LogP contribution in [0, 0.1) is 11.3 Å². The molecule has 23 heavy (non-hydrogen) atoms. The molecule has 1 unspecified atom stereocenters. The molecule has 2 saturated heterocycles. The lowest BCUT2D eigenvalue weighted by atomic mass is 9.93. The van der Waals surface area contributed by atoms with Gasteiger partial charge in [-0.2, -0.15) is 0 Å². The first-order valence-corrected chi connectivity index (χ1v) is 9.26. The largest absolute Gasteiger partial charge is 0.357 e. The molecule has 0 aliphatic carbocycles. The topological polar surface area (TPSA) is 30.9 Å². The lowest BCUT2D eigenvalue weighted by molar-refractivity contribution is 0.202. The number of hydrogen-bond donors (Lipinski definition) is 1. The zero-order valence-corrected chi connectivity index (χ0v) is 17.9. The Labute approximate surface area is 160 Å². The van der Waals surface area contributed by atoms with Crippen LogP contribution in [0.2, 0.25) is 0 Å². The van der Waals surface area contributed by atoms with E-state index < -0.39 is 0 Å². The molecule has 2 aliphatic heterocycles. The quantitative estimate of drug-likeness (QED) is 0.407. The molecule has 0 amide bonds. The normalized spacial score (nSPS) is 23.5. The molecule has 0 spiro atoms. The van der Waals surface area contributed by atoms with Crippen LogP contribution in [0.5, 0.6) is 0 Å². The third-order valence-electron chi connectivity index (χ3n) is 4.88. The summed E-state index contributed by atoms with van der Waals surface area (Å²) in [5.74, 6) is 1.76. The van der Waals surface area contributed by atoms with Gasteiger partial charge in [0.1, 0.15) is 0 Å². The molecule has 0 saturated carbocycles. The van der Waals surface area contributed by atoms with Gasteiger partial charge >= 0.3 is 0 Å². The third kappa shape index (κ3) is 7.16. The summed E-state index contributed by atoms with van der Waals surface area (Å²) < 4.78 is 0. The number of piperidine rings is 1. The first-order valence-electron chi connectivity index (χ1n) is 9.26. The van der Waals surface area contributed by atoms with Gasteiger partial charge in [-0.15, -0.1) is 24.0 Å². The zero-order chi connectivity index (χ0) is 16.0. The lowest BCUT2D eigenvalue weighted by Gasteiger charge is -2.29. The van der Waals surface area contributed by atoms with Crippen molar-refractivity contribution in [2.24, 2.45) is 16.3 Å². The number of aliphatic imine (C=N–C) groups is 1. The van der Waals surface area contributed by atoms with Crippen LogP contribution >= 0.6 is 24.0 Å². The smallest absolute Gasteiger partial charge is 0.193 e. The average molecular weight is 436 g/mol. The molecular weight excluding hydrogens is 399 g/mol. The minimum absolute atomic E-state index is 0. The molecule has 136 valence electrons. The fourth-order valence-corrected chi connectivity index (χ4v) is 3.60. The predicted octanol–water partition coefficient (Wildman–Crippen LogP) is 3.42. The fourth-order valence-electron chi connectivity index (χ4n) is 3.60. The Kier molecular flexibility index (Phi) is 9.19. The number of halogens is 1. The molecule has 2 fully saturated rings. The first kappa shape index (κ1) is 21.0. The molecule has 2 heterocycles. The van der Waals surface area contributed by atoms with E-state index in [0.29, 0.717) is 11.3 Å². The van der Waals surface area contributed by atoms with Crippen LogP contribution in [-0.4, -0.2) is 61.6 Å². The highest BCUT2D eigenvalue weighted by molar-refractivity contribution is 14.0. The molecular formula is C18H37IN4. The molecule has 2 aliphatic rings. The second kappa shape index (κ2) is 10.1. The van der Waals surface area contributed by atoms with E-state index >= 15 is 0 Å². The SMILES string of the molecule is CCNC(=NCC(C)CN1CCCCC1)N1CCC(C)(C)C1.I. The van der Waals surface area contributed by atoms with Gasteiger partial charge in [-0.05, 0) is 50.6 Å². The molecule has 1 atom stereocenters. The van der Waals surface area contributed by atoms with Crippen LogP contribution in [0.15, 0.2) is 4.99 Å². The van der Waals surface area contributed by atoms with Gasteiger partial charge in [0, 0.05) is 32.7 Å². The highest BCUT2D eigenvalue weighted by Crippen LogP contribution is 2.28. The molecule has 0 aromatic rings. The Morgan fingerprint density at radius 3 is 2.43 bits per heavy atom. The third-order valence-corrected chi connectivity index (χ3v) is 4.88. The second-order valence-corrected chi connectivity index (χ2v) is 8.00. The van der Waals surface area contributed by atoms with Gasteiger partial charge in [-0.25, -0.2) is 0 Å². The number of nitrogens with zero attached hydrogens (tertiary/aromatic N) is 3. The van der Waals surface area contributed by atoms with Gasteiger partial charge in [0.25, 0.3) is 0 Å². The first-order chi connectivity index (χ1) is 10.5. The van der Waals surface area contributed by atoms with Crippen molar-refractivity contribution in [2.75, 3.05) is 45.8 Å². The van der Waals surface area contributed by atoms with Crippen molar-refractivity contribution in [3.05, 3.63) is 0 Å². The van der Waals surface area contributed by atoms with Gasteiger partial charge in [0.2, 0.25) is 0 Å². The maximum absolute atomic E-state index is 4.93. The number of hydrogen-bond acceptors (Lipinski definition) is 2. The van der Waals surface area contributed by atoms with E-state index in [-0.39, 0.29) is 24.0 Å². The standard InChI is InChI=1S/C18H36N4.HI/c1-5-19-17(22-12-9-18(3,4)15-22)20-13-16(2)14-21-10-7-6-8-11-21;/h16H,5-15H2,1-4H3,(H,19,20);1H. The van der Waals surface area contributed by atoms with Gasteiger partial charge < -0.3 is 15.1 Å². The van der Waals surface area contributed by atoms with Crippen LogP contribution in [0.25, 0.3) is 0 Å². The summed E-state index contributed by atoms with van der Waals surface area (Å²) >= 11 is 0. The maximum atomic E-state index is 4.93. The van der Waals surface area contributed by atoms with Crippen molar-refractivity contribution in [3.8, 4) is 0 Å². The van der Waals surface area contributed by atoms with Crippen molar-refractivity contribution >= 4 is 29.9 Å². The van der Waals surface area contributed by atoms with E-state index in [9.17, 15) is 0 Å². The van der Waals surface area contributed by atoms with E-state index in [1.54, 1.807) is 0 Å². The second-order valence-electron chi connectivity index (χ2n) is 8.00. The highest BCUT2D eigenvalue weighted by Gasteiger charge is 2.30. The minimum Gasteiger partial charge on any atom is -0.357 e. The van der Waals surface area contributed by atoms with Crippen molar-refractivity contribution < 1.29 is 0 Å². The van der Waals surface area contributed by atoms with Gasteiger partial charge in [-0.1, -0.05) is 27.2 Å². The summed E-state index contributed by atoms with van der Waals surface area (Å²) in [5.41, 5.74) is 0.426. The molecule has 2 rings (SSSR count). The van der Waals surface area contributed by atoms with Crippen molar-refractivity contribution in [2.45, 2.75) is 53.4 Å². The van der Waals surface area contributed by atoms with Crippen molar-refractivity contribution in [3.63, 3.8) is 0 Å². The number of nitrogens with one attached hydrogen (secondary N) is 1. The Bertz CT molecular complexity index is 364. The van der Waals surface area contributed by atoms with E-state index in [4.69, 9.17) is 4.99 Å². The minimum atomic E-state index is 0. The number of guanidine groups is 1. The number of rotatable bonds is 5. The summed E-state index contributed by atoms with van der Waals surface area (Å²) in [6, 6.07) is 0. The van der Waals surface area contributed by atoms with Crippen molar-refractivity contribution in [1.29, 1.82) is 0 Å². The molecule has 0 bridgehead atoms. The van der Waals surface area contributed by atoms with Crippen LogP contribution in [0.1, 0.15) is 53.4 Å².